The van der Waals surface area contributed by atoms with E-state index in [1.54, 1.807) is 11.3 Å². The van der Waals surface area contributed by atoms with Crippen molar-refractivity contribution in [2.24, 2.45) is 5.41 Å². The van der Waals surface area contributed by atoms with Crippen LogP contribution in [-0.2, 0) is 16.0 Å². The first-order chi connectivity index (χ1) is 11.5. The normalized spacial score (nSPS) is 25.9. The lowest BCUT2D eigenvalue weighted by atomic mass is 9.58. The Labute approximate surface area is 148 Å². The topological polar surface area (TPSA) is 53.0 Å². The summed E-state index contributed by atoms with van der Waals surface area (Å²) in [5, 5.41) is 14.4. The van der Waals surface area contributed by atoms with Crippen LogP contribution in [0.25, 0.3) is 0 Å². The highest BCUT2D eigenvalue weighted by Gasteiger charge is 2.56. The molecule has 1 aromatic rings. The lowest BCUT2D eigenvalue weighted by Gasteiger charge is -2.56. The van der Waals surface area contributed by atoms with E-state index in [9.17, 15) is 9.90 Å². The number of likely N-dealkylation sites (tertiary alicyclic amines) is 1. The minimum absolute atomic E-state index is 0.133. The number of rotatable bonds is 6. The molecule has 134 valence electrons. The second-order valence-corrected chi connectivity index (χ2v) is 8.12. The number of aliphatic hydroxyl groups excluding tert-OH is 1. The van der Waals surface area contributed by atoms with Crippen molar-refractivity contribution in [3.05, 3.63) is 22.4 Å². The molecule has 1 aromatic heterocycles. The molecule has 3 rings (SSSR count). The minimum Gasteiger partial charge on any atom is -0.392 e. The first-order valence-corrected chi connectivity index (χ1v) is 9.69. The van der Waals surface area contributed by atoms with Crippen molar-refractivity contribution in [1.82, 2.24) is 9.80 Å². The summed E-state index contributed by atoms with van der Waals surface area (Å²) in [6, 6.07) is 2.01. The average molecular weight is 353 g/mol. The molecule has 2 heterocycles. The van der Waals surface area contributed by atoms with Crippen molar-refractivity contribution in [3.8, 4) is 0 Å². The van der Waals surface area contributed by atoms with E-state index in [1.807, 2.05) is 35.8 Å². The molecule has 0 aromatic carbocycles. The van der Waals surface area contributed by atoms with Gasteiger partial charge in [0, 0.05) is 31.5 Å². The highest BCUT2D eigenvalue weighted by atomic mass is 32.1. The van der Waals surface area contributed by atoms with Crippen molar-refractivity contribution in [3.63, 3.8) is 0 Å². The molecule has 2 fully saturated rings. The maximum absolute atomic E-state index is 12.4. The van der Waals surface area contributed by atoms with Crippen molar-refractivity contribution in [2.45, 2.75) is 37.9 Å². The number of hydrogen-bond acceptors (Lipinski definition) is 5. The molecule has 1 aliphatic heterocycles. The first kappa shape index (κ1) is 17.9. The maximum Gasteiger partial charge on any atom is 0.227 e. The third-order valence-corrected chi connectivity index (χ3v) is 6.31. The molecular weight excluding hydrogens is 324 g/mol. The van der Waals surface area contributed by atoms with E-state index in [1.165, 1.54) is 0 Å². The van der Waals surface area contributed by atoms with Gasteiger partial charge in [-0.1, -0.05) is 0 Å². The Hall–Kier alpha value is -0.950. The van der Waals surface area contributed by atoms with Gasteiger partial charge >= 0.3 is 0 Å². The summed E-state index contributed by atoms with van der Waals surface area (Å²) < 4.78 is 6.03. The van der Waals surface area contributed by atoms with Gasteiger partial charge in [-0.25, -0.2) is 0 Å². The smallest absolute Gasteiger partial charge is 0.227 e. The van der Waals surface area contributed by atoms with Crippen LogP contribution in [-0.4, -0.2) is 73.4 Å². The zero-order chi connectivity index (χ0) is 17.2. The number of amides is 1. The zero-order valence-electron chi connectivity index (χ0n) is 14.6. The monoisotopic (exact) mass is 352 g/mol. The van der Waals surface area contributed by atoms with Gasteiger partial charge in [0.05, 0.1) is 25.2 Å². The number of nitrogens with zero attached hydrogens (tertiary/aromatic N) is 2. The molecule has 6 heteroatoms. The summed E-state index contributed by atoms with van der Waals surface area (Å²) in [6.07, 6.45) is 2.77. The lowest BCUT2D eigenvalue weighted by molar-refractivity contribution is -0.212. The minimum atomic E-state index is -0.281. The number of likely N-dealkylation sites (N-methyl/N-ethyl adjacent to an activating group) is 1. The third kappa shape index (κ3) is 3.67. The predicted octanol–water partition coefficient (Wildman–Crippen LogP) is 1.61. The second kappa shape index (κ2) is 7.52. The van der Waals surface area contributed by atoms with E-state index in [-0.39, 0.29) is 23.5 Å². The standard InChI is InChI=1S/C18H28N2O3S/c1-19(2)8-9-23-16-12-15(21)18(16)4-6-20(7-5-18)17(22)11-14-3-10-24-13-14/h3,10,13,15-16,21H,4-9,11-12H2,1-2H3/t15-,16+/m1/s1. The van der Waals surface area contributed by atoms with E-state index >= 15 is 0 Å². The lowest BCUT2D eigenvalue weighted by Crippen LogP contribution is -2.63. The van der Waals surface area contributed by atoms with Crippen LogP contribution in [0.4, 0.5) is 0 Å². The van der Waals surface area contributed by atoms with E-state index in [0.717, 1.165) is 44.5 Å². The molecule has 0 unspecified atom stereocenters. The number of ether oxygens (including phenoxy) is 1. The number of thiophene rings is 1. The molecule has 1 saturated carbocycles. The second-order valence-electron chi connectivity index (χ2n) is 7.34. The molecule has 1 spiro atoms. The Balaban J connectivity index is 1.50. The number of hydrogen-bond donors (Lipinski definition) is 1. The molecule has 1 saturated heterocycles. The fourth-order valence-corrected chi connectivity index (χ4v) is 4.51. The molecule has 5 nitrogen and oxygen atoms in total. The number of piperidine rings is 1. The van der Waals surface area contributed by atoms with Gasteiger partial charge in [-0.15, -0.1) is 0 Å². The third-order valence-electron chi connectivity index (χ3n) is 5.58. The van der Waals surface area contributed by atoms with Crippen LogP contribution in [0.1, 0.15) is 24.8 Å². The van der Waals surface area contributed by atoms with Crippen LogP contribution in [0, 0.1) is 5.41 Å². The quantitative estimate of drug-likeness (QED) is 0.845. The number of carbonyl (C=O) groups is 1. The molecule has 1 N–H and O–H groups in total. The van der Waals surface area contributed by atoms with Crippen molar-refractivity contribution in [2.75, 3.05) is 40.3 Å². The molecule has 2 atom stereocenters. The van der Waals surface area contributed by atoms with Gasteiger partial charge in [0.2, 0.25) is 5.91 Å². The summed E-state index contributed by atoms with van der Waals surface area (Å²) in [5.41, 5.74) is 0.963. The summed E-state index contributed by atoms with van der Waals surface area (Å²) >= 11 is 1.63. The van der Waals surface area contributed by atoms with Crippen LogP contribution < -0.4 is 0 Å². The van der Waals surface area contributed by atoms with Crippen molar-refractivity contribution >= 4 is 17.2 Å². The molecule has 0 bridgehead atoms. The maximum atomic E-state index is 12.4. The van der Waals surface area contributed by atoms with Crippen molar-refractivity contribution < 1.29 is 14.6 Å². The summed E-state index contributed by atoms with van der Waals surface area (Å²) in [4.78, 5) is 16.5. The fourth-order valence-electron chi connectivity index (χ4n) is 3.85. The van der Waals surface area contributed by atoms with Gasteiger partial charge in [-0.3, -0.25) is 4.79 Å². The molecule has 1 aliphatic carbocycles. The average Bonchev–Trinajstić information content (AvgIpc) is 3.07. The highest BCUT2D eigenvalue weighted by molar-refractivity contribution is 7.07. The van der Waals surface area contributed by atoms with Crippen LogP contribution >= 0.6 is 11.3 Å². The van der Waals surface area contributed by atoms with Gasteiger partial charge < -0.3 is 19.6 Å². The molecular formula is C18H28N2O3S. The van der Waals surface area contributed by atoms with Crippen molar-refractivity contribution in [1.29, 1.82) is 0 Å². The van der Waals surface area contributed by atoms with E-state index in [2.05, 4.69) is 4.90 Å². The van der Waals surface area contributed by atoms with Crippen LogP contribution in [0.3, 0.4) is 0 Å². The first-order valence-electron chi connectivity index (χ1n) is 8.74. The molecule has 1 amide bonds. The Morgan fingerprint density at radius 3 is 2.79 bits per heavy atom. The van der Waals surface area contributed by atoms with Gasteiger partial charge in [-0.05, 0) is 49.3 Å². The van der Waals surface area contributed by atoms with E-state index < -0.39 is 0 Å². The molecule has 24 heavy (non-hydrogen) atoms. The predicted molar refractivity (Wildman–Crippen MR) is 95.2 cm³/mol. The van der Waals surface area contributed by atoms with Gasteiger partial charge in [0.1, 0.15) is 0 Å². The zero-order valence-corrected chi connectivity index (χ0v) is 15.4. The van der Waals surface area contributed by atoms with Crippen LogP contribution in [0.15, 0.2) is 16.8 Å². The SMILES string of the molecule is CN(C)CCO[C@H]1C[C@@H](O)C12CCN(C(=O)Cc1ccsc1)CC2. The molecule has 2 aliphatic rings. The summed E-state index contributed by atoms with van der Waals surface area (Å²) in [6.45, 7) is 3.06. The van der Waals surface area contributed by atoms with Gasteiger partial charge in [0.15, 0.2) is 0 Å². The van der Waals surface area contributed by atoms with Crippen LogP contribution in [0.5, 0.6) is 0 Å². The van der Waals surface area contributed by atoms with E-state index in [0.29, 0.717) is 13.0 Å². The summed E-state index contributed by atoms with van der Waals surface area (Å²) in [7, 11) is 4.07. The van der Waals surface area contributed by atoms with Gasteiger partial charge in [-0.2, -0.15) is 11.3 Å². The van der Waals surface area contributed by atoms with Crippen LogP contribution in [0.2, 0.25) is 0 Å². The fraction of sp³-hybridized carbons (Fsp3) is 0.722. The Morgan fingerprint density at radius 2 is 2.21 bits per heavy atom. The largest absolute Gasteiger partial charge is 0.392 e. The molecule has 0 radical (unpaired) electrons. The number of carbonyl (C=O) groups excluding carboxylic acids is 1. The Morgan fingerprint density at radius 1 is 1.46 bits per heavy atom. The Kier molecular flexibility index (Phi) is 5.59. The number of aliphatic hydroxyl groups is 1. The summed E-state index contributed by atoms with van der Waals surface area (Å²) in [5.74, 6) is 0.196. The van der Waals surface area contributed by atoms with E-state index in [4.69, 9.17) is 4.74 Å². The highest BCUT2D eigenvalue weighted by Crippen LogP contribution is 2.50. The Bertz CT molecular complexity index is 538. The van der Waals surface area contributed by atoms with Gasteiger partial charge in [0.25, 0.3) is 0 Å².